The molecule has 0 aromatic carbocycles. The van der Waals surface area contributed by atoms with Crippen molar-refractivity contribution in [3.8, 4) is 0 Å². The highest BCUT2D eigenvalue weighted by atomic mass is 32.1. The fraction of sp³-hybridized carbons (Fsp3) is 0.583. The molecule has 0 atom stereocenters. The molecule has 0 saturated carbocycles. The van der Waals surface area contributed by atoms with Gasteiger partial charge in [-0.05, 0) is 6.92 Å². The summed E-state index contributed by atoms with van der Waals surface area (Å²) in [5.41, 5.74) is 6.12. The summed E-state index contributed by atoms with van der Waals surface area (Å²) in [6.45, 7) is 2.60. The van der Waals surface area contributed by atoms with Crippen LogP contribution in [-0.2, 0) is 25.5 Å². The molecule has 1 aromatic heterocycles. The first-order chi connectivity index (χ1) is 9.56. The molecule has 112 valence electrons. The van der Waals surface area contributed by atoms with E-state index in [1.807, 2.05) is 0 Å². The van der Waals surface area contributed by atoms with Crippen LogP contribution in [0.25, 0.3) is 0 Å². The number of hydrogen-bond acceptors (Lipinski definition) is 7. The minimum absolute atomic E-state index is 0.0876. The number of carbonyl (C=O) groups is 2. The number of esters is 1. The molecular weight excluding hydrogens is 282 g/mol. The zero-order valence-corrected chi connectivity index (χ0v) is 12.4. The summed E-state index contributed by atoms with van der Waals surface area (Å²) in [5.74, 6) is -0.643. The van der Waals surface area contributed by atoms with Gasteiger partial charge in [-0.15, -0.1) is 11.3 Å². The Kier molecular flexibility index (Phi) is 6.96. The van der Waals surface area contributed by atoms with E-state index in [-0.39, 0.29) is 25.5 Å². The van der Waals surface area contributed by atoms with Crippen LogP contribution < -0.4 is 5.73 Å². The standard InChI is InChI=1S/C12H19N3O4S/c1-3-19-11(17)7-15(4-5-18-2)10(16)6-9-8-20-12(13)14-9/h8H,3-7H2,1-2H3,(H2,13,14). The molecule has 0 bridgehead atoms. The summed E-state index contributed by atoms with van der Waals surface area (Å²) in [5, 5.41) is 2.15. The molecule has 0 aliphatic carbocycles. The van der Waals surface area contributed by atoms with E-state index in [9.17, 15) is 9.59 Å². The number of aromatic nitrogens is 1. The van der Waals surface area contributed by atoms with E-state index >= 15 is 0 Å². The third kappa shape index (κ3) is 5.54. The Labute approximate surface area is 121 Å². The Morgan fingerprint density at radius 3 is 2.80 bits per heavy atom. The molecule has 1 amide bonds. The van der Waals surface area contributed by atoms with Crippen LogP contribution in [-0.4, -0.2) is 55.2 Å². The molecule has 20 heavy (non-hydrogen) atoms. The first kappa shape index (κ1) is 16.4. The summed E-state index contributed by atoms with van der Waals surface area (Å²) >= 11 is 1.28. The van der Waals surface area contributed by atoms with E-state index < -0.39 is 5.97 Å². The lowest BCUT2D eigenvalue weighted by atomic mass is 10.3. The number of thiazole rings is 1. The van der Waals surface area contributed by atoms with Crippen molar-refractivity contribution in [1.82, 2.24) is 9.88 Å². The zero-order chi connectivity index (χ0) is 15.0. The molecule has 0 aliphatic heterocycles. The van der Waals surface area contributed by atoms with Crippen molar-refractivity contribution < 1.29 is 19.1 Å². The van der Waals surface area contributed by atoms with Gasteiger partial charge in [-0.25, -0.2) is 4.98 Å². The molecule has 2 N–H and O–H groups in total. The smallest absolute Gasteiger partial charge is 0.325 e. The van der Waals surface area contributed by atoms with Crippen LogP contribution >= 0.6 is 11.3 Å². The summed E-state index contributed by atoms with van der Waals surface area (Å²) in [6.07, 6.45) is 0.108. The molecule has 0 fully saturated rings. The maximum atomic E-state index is 12.2. The summed E-state index contributed by atoms with van der Waals surface area (Å²) < 4.78 is 9.79. The lowest BCUT2D eigenvalue weighted by Crippen LogP contribution is -2.39. The Hall–Kier alpha value is -1.67. The number of carbonyl (C=O) groups excluding carboxylic acids is 2. The third-order valence-corrected chi connectivity index (χ3v) is 3.17. The first-order valence-corrected chi connectivity index (χ1v) is 7.07. The number of methoxy groups -OCH3 is 1. The molecule has 0 radical (unpaired) electrons. The second kappa shape index (κ2) is 8.49. The van der Waals surface area contributed by atoms with Crippen molar-refractivity contribution in [1.29, 1.82) is 0 Å². The fourth-order valence-electron chi connectivity index (χ4n) is 1.53. The van der Waals surface area contributed by atoms with Crippen molar-refractivity contribution in [2.45, 2.75) is 13.3 Å². The molecule has 1 rings (SSSR count). The van der Waals surface area contributed by atoms with Gasteiger partial charge in [0.15, 0.2) is 5.13 Å². The van der Waals surface area contributed by atoms with Crippen LogP contribution in [0, 0.1) is 0 Å². The maximum Gasteiger partial charge on any atom is 0.325 e. The van der Waals surface area contributed by atoms with Crippen molar-refractivity contribution in [2.24, 2.45) is 0 Å². The Morgan fingerprint density at radius 2 is 2.25 bits per heavy atom. The Morgan fingerprint density at radius 1 is 1.50 bits per heavy atom. The molecule has 0 spiro atoms. The van der Waals surface area contributed by atoms with Gasteiger partial charge in [0.2, 0.25) is 5.91 Å². The van der Waals surface area contributed by atoms with Crippen LogP contribution in [0.3, 0.4) is 0 Å². The minimum atomic E-state index is -0.435. The predicted molar refractivity (Wildman–Crippen MR) is 75.3 cm³/mol. The lowest BCUT2D eigenvalue weighted by Gasteiger charge is -2.20. The molecule has 8 heteroatoms. The number of nitrogen functional groups attached to an aromatic ring is 1. The molecule has 7 nitrogen and oxygen atoms in total. The van der Waals surface area contributed by atoms with Gasteiger partial charge >= 0.3 is 5.97 Å². The second-order valence-corrected chi connectivity index (χ2v) is 4.86. The SMILES string of the molecule is CCOC(=O)CN(CCOC)C(=O)Cc1csc(N)n1. The monoisotopic (exact) mass is 301 g/mol. The molecule has 0 aliphatic rings. The van der Waals surface area contributed by atoms with Crippen LogP contribution in [0.2, 0.25) is 0 Å². The van der Waals surface area contributed by atoms with Crippen molar-refractivity contribution in [2.75, 3.05) is 39.1 Å². The van der Waals surface area contributed by atoms with E-state index in [1.165, 1.54) is 23.3 Å². The van der Waals surface area contributed by atoms with Crippen LogP contribution in [0.1, 0.15) is 12.6 Å². The quantitative estimate of drug-likeness (QED) is 0.694. The summed E-state index contributed by atoms with van der Waals surface area (Å²) in [7, 11) is 1.54. The number of amides is 1. The zero-order valence-electron chi connectivity index (χ0n) is 11.6. The van der Waals surface area contributed by atoms with Gasteiger partial charge in [-0.1, -0.05) is 0 Å². The summed E-state index contributed by atoms with van der Waals surface area (Å²) in [4.78, 5) is 29.1. The molecule has 1 heterocycles. The number of hydrogen-bond donors (Lipinski definition) is 1. The van der Waals surface area contributed by atoms with Gasteiger partial charge < -0.3 is 20.1 Å². The van der Waals surface area contributed by atoms with Crippen LogP contribution in [0.5, 0.6) is 0 Å². The first-order valence-electron chi connectivity index (χ1n) is 6.19. The van der Waals surface area contributed by atoms with Gasteiger partial charge in [-0.2, -0.15) is 0 Å². The van der Waals surface area contributed by atoms with Crippen molar-refractivity contribution in [3.63, 3.8) is 0 Å². The van der Waals surface area contributed by atoms with Gasteiger partial charge in [0, 0.05) is 19.0 Å². The number of ether oxygens (including phenoxy) is 2. The lowest BCUT2D eigenvalue weighted by molar-refractivity contribution is -0.149. The maximum absolute atomic E-state index is 12.2. The Balaban J connectivity index is 2.60. The third-order valence-electron chi connectivity index (χ3n) is 2.45. The van der Waals surface area contributed by atoms with Crippen LogP contribution in [0.15, 0.2) is 5.38 Å². The second-order valence-electron chi connectivity index (χ2n) is 3.97. The van der Waals surface area contributed by atoms with Gasteiger partial charge in [0.05, 0.1) is 25.3 Å². The number of nitrogens with two attached hydrogens (primary N) is 1. The number of rotatable bonds is 8. The average molecular weight is 301 g/mol. The van der Waals surface area contributed by atoms with Crippen molar-refractivity contribution >= 4 is 28.3 Å². The van der Waals surface area contributed by atoms with E-state index in [1.54, 1.807) is 12.3 Å². The number of nitrogens with zero attached hydrogens (tertiary/aromatic N) is 2. The average Bonchev–Trinajstić information content (AvgIpc) is 2.80. The van der Waals surface area contributed by atoms with Crippen molar-refractivity contribution in [3.05, 3.63) is 11.1 Å². The van der Waals surface area contributed by atoms with E-state index in [4.69, 9.17) is 15.2 Å². The Bertz CT molecular complexity index is 450. The molecular formula is C12H19N3O4S. The highest BCUT2D eigenvalue weighted by Crippen LogP contribution is 2.12. The topological polar surface area (TPSA) is 94.8 Å². The normalized spacial score (nSPS) is 10.3. The number of anilines is 1. The fourth-order valence-corrected chi connectivity index (χ4v) is 2.09. The van der Waals surface area contributed by atoms with Gasteiger partial charge in [-0.3, -0.25) is 9.59 Å². The molecule has 0 unspecified atom stereocenters. The summed E-state index contributed by atoms with van der Waals surface area (Å²) in [6, 6.07) is 0. The van der Waals surface area contributed by atoms with E-state index in [0.29, 0.717) is 24.0 Å². The highest BCUT2D eigenvalue weighted by molar-refractivity contribution is 7.13. The minimum Gasteiger partial charge on any atom is -0.465 e. The van der Waals surface area contributed by atoms with Crippen LogP contribution in [0.4, 0.5) is 5.13 Å². The molecule has 0 saturated heterocycles. The van der Waals surface area contributed by atoms with E-state index in [0.717, 1.165) is 0 Å². The molecule has 1 aromatic rings. The van der Waals surface area contributed by atoms with Gasteiger partial charge in [0.25, 0.3) is 0 Å². The largest absolute Gasteiger partial charge is 0.465 e. The van der Waals surface area contributed by atoms with E-state index in [2.05, 4.69) is 4.98 Å². The predicted octanol–water partition coefficient (Wildman–Crippen LogP) is 0.306. The highest BCUT2D eigenvalue weighted by Gasteiger charge is 2.19. The van der Waals surface area contributed by atoms with Gasteiger partial charge in [0.1, 0.15) is 6.54 Å².